The van der Waals surface area contributed by atoms with Gasteiger partial charge in [-0.15, -0.1) is 11.8 Å². The number of carboxylic acid groups (broad SMARTS) is 1. The highest BCUT2D eigenvalue weighted by Gasteiger charge is 2.16. The van der Waals surface area contributed by atoms with Gasteiger partial charge in [0.1, 0.15) is 0 Å². The molecule has 0 aromatic heterocycles. The van der Waals surface area contributed by atoms with Crippen molar-refractivity contribution in [1.29, 1.82) is 0 Å². The van der Waals surface area contributed by atoms with Crippen LogP contribution in [0.15, 0.2) is 58.3 Å². The minimum Gasteiger partial charge on any atom is -0.478 e. The van der Waals surface area contributed by atoms with Crippen molar-refractivity contribution in [2.45, 2.75) is 9.79 Å². The zero-order chi connectivity index (χ0) is 15.5. The average molecular weight is 323 g/mol. The van der Waals surface area contributed by atoms with Gasteiger partial charge in [0, 0.05) is 10.6 Å². The van der Waals surface area contributed by atoms with Crippen LogP contribution in [-0.2, 0) is 10.0 Å². The number of benzene rings is 2. The summed E-state index contributed by atoms with van der Waals surface area (Å²) < 4.78 is 26.9. The molecular weight excluding hydrogens is 310 g/mol. The molecule has 0 saturated heterocycles. The van der Waals surface area contributed by atoms with E-state index in [-0.39, 0.29) is 10.5 Å². The van der Waals surface area contributed by atoms with Crippen molar-refractivity contribution in [3.05, 3.63) is 54.1 Å². The molecule has 0 heterocycles. The quantitative estimate of drug-likeness (QED) is 0.827. The minimum absolute atomic E-state index is 0.0735. The molecule has 0 aliphatic rings. The Morgan fingerprint density at radius 3 is 2.38 bits per heavy atom. The molecule has 2 aromatic carbocycles. The normalized spacial score (nSPS) is 11.1. The van der Waals surface area contributed by atoms with E-state index in [2.05, 4.69) is 4.72 Å². The largest absolute Gasteiger partial charge is 0.478 e. The number of hydrogen-bond donors (Lipinski definition) is 2. The van der Waals surface area contributed by atoms with E-state index in [1.54, 1.807) is 36.0 Å². The van der Waals surface area contributed by atoms with E-state index in [1.165, 1.54) is 18.2 Å². The monoisotopic (exact) mass is 323 g/mol. The van der Waals surface area contributed by atoms with Gasteiger partial charge in [-0.05, 0) is 48.7 Å². The summed E-state index contributed by atoms with van der Waals surface area (Å²) in [4.78, 5) is 11.8. The summed E-state index contributed by atoms with van der Waals surface area (Å²) >= 11 is 1.55. The van der Waals surface area contributed by atoms with Crippen molar-refractivity contribution in [2.75, 3.05) is 11.0 Å². The van der Waals surface area contributed by atoms with Gasteiger partial charge in [0.05, 0.1) is 10.5 Å². The number of hydrogen-bond acceptors (Lipinski definition) is 4. The molecule has 7 heteroatoms. The molecule has 0 unspecified atom stereocenters. The highest BCUT2D eigenvalue weighted by Crippen LogP contribution is 2.20. The maximum Gasteiger partial charge on any atom is 0.335 e. The number of aromatic carboxylic acids is 1. The van der Waals surface area contributed by atoms with Gasteiger partial charge in [0.2, 0.25) is 0 Å². The summed E-state index contributed by atoms with van der Waals surface area (Å²) in [5.74, 6) is -1.17. The molecule has 0 atom stereocenters. The molecule has 0 radical (unpaired) electrons. The highest BCUT2D eigenvalue weighted by molar-refractivity contribution is 7.98. The lowest BCUT2D eigenvalue weighted by Crippen LogP contribution is -2.13. The van der Waals surface area contributed by atoms with Crippen molar-refractivity contribution in [1.82, 2.24) is 0 Å². The van der Waals surface area contributed by atoms with E-state index < -0.39 is 16.0 Å². The fraction of sp³-hybridized carbons (Fsp3) is 0.0714. The molecule has 0 aliphatic carbocycles. The van der Waals surface area contributed by atoms with Crippen LogP contribution in [0.1, 0.15) is 10.4 Å². The average Bonchev–Trinajstić information content (AvgIpc) is 2.48. The number of sulfonamides is 1. The molecule has 0 aliphatic heterocycles. The maximum atomic E-state index is 12.2. The fourth-order valence-corrected chi connectivity index (χ4v) is 3.18. The van der Waals surface area contributed by atoms with E-state index in [9.17, 15) is 13.2 Å². The molecule has 110 valence electrons. The first kappa shape index (κ1) is 15.4. The predicted octanol–water partition coefficient (Wildman–Crippen LogP) is 2.91. The van der Waals surface area contributed by atoms with Gasteiger partial charge in [-0.3, -0.25) is 4.72 Å². The second kappa shape index (κ2) is 6.19. The lowest BCUT2D eigenvalue weighted by Gasteiger charge is -2.09. The van der Waals surface area contributed by atoms with Gasteiger partial charge >= 0.3 is 5.97 Å². The van der Waals surface area contributed by atoms with Crippen LogP contribution in [0.4, 0.5) is 5.69 Å². The number of nitrogens with one attached hydrogen (secondary N) is 1. The Kier molecular flexibility index (Phi) is 4.54. The lowest BCUT2D eigenvalue weighted by atomic mass is 10.2. The van der Waals surface area contributed by atoms with Crippen LogP contribution < -0.4 is 4.72 Å². The molecule has 21 heavy (non-hydrogen) atoms. The van der Waals surface area contributed by atoms with E-state index >= 15 is 0 Å². The van der Waals surface area contributed by atoms with Crippen molar-refractivity contribution in [3.8, 4) is 0 Å². The van der Waals surface area contributed by atoms with Gasteiger partial charge < -0.3 is 5.11 Å². The summed E-state index contributed by atoms with van der Waals surface area (Å²) in [7, 11) is -3.81. The smallest absolute Gasteiger partial charge is 0.335 e. The number of carbonyl (C=O) groups is 1. The first-order chi connectivity index (χ1) is 9.92. The minimum atomic E-state index is -3.81. The standard InChI is InChI=1S/C14H13NO4S2/c1-20-12-7-5-11(6-8-12)15-21(18,19)13-4-2-3-10(9-13)14(16)17/h2-9,15H,1H3,(H,16,17). The van der Waals surface area contributed by atoms with Crippen molar-refractivity contribution in [3.63, 3.8) is 0 Å². The van der Waals surface area contributed by atoms with Crippen LogP contribution in [0.3, 0.4) is 0 Å². The third kappa shape index (κ3) is 3.77. The van der Waals surface area contributed by atoms with E-state index in [0.29, 0.717) is 5.69 Å². The summed E-state index contributed by atoms with van der Waals surface area (Å²) in [6, 6.07) is 12.1. The Balaban J connectivity index is 2.29. The maximum absolute atomic E-state index is 12.2. The fourth-order valence-electron chi connectivity index (χ4n) is 1.67. The molecule has 2 aromatic rings. The van der Waals surface area contributed by atoms with E-state index in [4.69, 9.17) is 5.11 Å². The van der Waals surface area contributed by atoms with Gasteiger partial charge in [0.15, 0.2) is 0 Å². The van der Waals surface area contributed by atoms with E-state index in [1.807, 2.05) is 6.26 Å². The Labute approximate surface area is 127 Å². The molecule has 0 amide bonds. The highest BCUT2D eigenvalue weighted by atomic mass is 32.2. The summed E-state index contributed by atoms with van der Waals surface area (Å²) in [5.41, 5.74) is 0.351. The van der Waals surface area contributed by atoms with Crippen molar-refractivity contribution >= 4 is 33.4 Å². The molecule has 5 nitrogen and oxygen atoms in total. The lowest BCUT2D eigenvalue weighted by molar-refractivity contribution is 0.0696. The van der Waals surface area contributed by atoms with Crippen LogP contribution >= 0.6 is 11.8 Å². The Morgan fingerprint density at radius 2 is 1.81 bits per heavy atom. The number of thioether (sulfide) groups is 1. The van der Waals surface area contributed by atoms with Crippen molar-refractivity contribution in [2.24, 2.45) is 0 Å². The van der Waals surface area contributed by atoms with Crippen LogP contribution in [0.2, 0.25) is 0 Å². The molecular formula is C14H13NO4S2. The second-order valence-electron chi connectivity index (χ2n) is 4.17. The zero-order valence-electron chi connectivity index (χ0n) is 11.1. The summed E-state index contributed by atoms with van der Waals surface area (Å²) in [6.07, 6.45) is 1.93. The van der Waals surface area contributed by atoms with Crippen LogP contribution in [0.25, 0.3) is 0 Å². The Hall–Kier alpha value is -1.99. The predicted molar refractivity (Wildman–Crippen MR) is 82.4 cm³/mol. The number of rotatable bonds is 5. The number of anilines is 1. The number of carboxylic acids is 1. The van der Waals surface area contributed by atoms with Gasteiger partial charge in [-0.2, -0.15) is 0 Å². The molecule has 2 rings (SSSR count). The zero-order valence-corrected chi connectivity index (χ0v) is 12.7. The summed E-state index contributed by atoms with van der Waals surface area (Å²) in [5, 5.41) is 8.90. The van der Waals surface area contributed by atoms with Crippen LogP contribution in [0.5, 0.6) is 0 Å². The summed E-state index contributed by atoms with van der Waals surface area (Å²) in [6.45, 7) is 0. The molecule has 0 saturated carbocycles. The van der Waals surface area contributed by atoms with Gasteiger partial charge in [0.25, 0.3) is 10.0 Å². The molecule has 0 bridgehead atoms. The SMILES string of the molecule is CSc1ccc(NS(=O)(=O)c2cccc(C(=O)O)c2)cc1. The second-order valence-corrected chi connectivity index (χ2v) is 6.73. The van der Waals surface area contributed by atoms with Crippen molar-refractivity contribution < 1.29 is 18.3 Å². The third-order valence-electron chi connectivity index (χ3n) is 2.73. The topological polar surface area (TPSA) is 83.5 Å². The van der Waals surface area contributed by atoms with Crippen LogP contribution in [0, 0.1) is 0 Å². The molecule has 0 spiro atoms. The third-order valence-corrected chi connectivity index (χ3v) is 4.86. The Morgan fingerprint density at radius 1 is 1.14 bits per heavy atom. The first-order valence-corrected chi connectivity index (χ1v) is 8.63. The Bertz CT molecular complexity index is 755. The molecule has 2 N–H and O–H groups in total. The van der Waals surface area contributed by atoms with Gasteiger partial charge in [-0.25, -0.2) is 13.2 Å². The first-order valence-electron chi connectivity index (χ1n) is 5.92. The van der Waals surface area contributed by atoms with E-state index in [0.717, 1.165) is 11.0 Å². The van der Waals surface area contributed by atoms with Gasteiger partial charge in [-0.1, -0.05) is 6.07 Å². The van der Waals surface area contributed by atoms with Crippen LogP contribution in [-0.4, -0.2) is 25.7 Å². The molecule has 0 fully saturated rings.